The molecule has 28 heavy (non-hydrogen) atoms. The smallest absolute Gasteiger partial charge is 0.406 e. The van der Waals surface area contributed by atoms with E-state index < -0.39 is 11.7 Å². The maximum absolute atomic E-state index is 13.7. The largest absolute Gasteiger partial charge is 0.416 e. The minimum Gasteiger partial charge on any atom is -0.406 e. The molecule has 0 saturated carbocycles. The molecule has 2 aromatic heterocycles. The zero-order chi connectivity index (χ0) is 20.9. The number of aromatic nitrogens is 2. The maximum Gasteiger partial charge on any atom is 0.416 e. The highest BCUT2D eigenvalue weighted by atomic mass is 19.4. The second kappa shape index (κ2) is 6.76. The molecule has 0 aliphatic rings. The molecule has 0 N–H and O–H groups in total. The zero-order valence-corrected chi connectivity index (χ0v) is 17.0. The van der Waals surface area contributed by atoms with Crippen LogP contribution in [0.4, 0.5) is 13.2 Å². The molecule has 0 spiro atoms. The number of alkyl halides is 3. The van der Waals surface area contributed by atoms with Gasteiger partial charge in [0.05, 0.1) is 16.7 Å². The molecule has 0 radical (unpaired) electrons. The standard InChI is InChI=1S/C22H25F3N2O/c1-14-17(19-13-15(21(2,3)4)7-8-26(19)5)11-16(22(23,24)25)12-18(14)20-27(6)9-10-28-20/h7-13H,1-6H3/q+2. The highest BCUT2D eigenvalue weighted by Crippen LogP contribution is 2.38. The summed E-state index contributed by atoms with van der Waals surface area (Å²) in [5, 5.41) is 0. The van der Waals surface area contributed by atoms with Gasteiger partial charge >= 0.3 is 12.1 Å². The van der Waals surface area contributed by atoms with E-state index >= 15 is 0 Å². The third kappa shape index (κ3) is 3.68. The fourth-order valence-corrected chi connectivity index (χ4v) is 3.26. The summed E-state index contributed by atoms with van der Waals surface area (Å²) >= 11 is 0. The number of hydrogen-bond donors (Lipinski definition) is 0. The molecule has 0 saturated heterocycles. The lowest BCUT2D eigenvalue weighted by atomic mass is 9.86. The van der Waals surface area contributed by atoms with E-state index in [-0.39, 0.29) is 5.41 Å². The van der Waals surface area contributed by atoms with Crippen molar-refractivity contribution in [3.63, 3.8) is 0 Å². The second-order valence-electron chi connectivity index (χ2n) is 8.17. The van der Waals surface area contributed by atoms with Crippen molar-refractivity contribution in [2.45, 2.75) is 39.3 Å². The number of nitrogens with zero attached hydrogens (tertiary/aromatic N) is 2. The van der Waals surface area contributed by atoms with Gasteiger partial charge in [0.1, 0.15) is 14.1 Å². The molecule has 3 nitrogen and oxygen atoms in total. The van der Waals surface area contributed by atoms with Crippen LogP contribution in [-0.4, -0.2) is 0 Å². The first kappa shape index (κ1) is 20.1. The van der Waals surface area contributed by atoms with Crippen LogP contribution >= 0.6 is 0 Å². The third-order valence-corrected chi connectivity index (χ3v) is 5.04. The average Bonchev–Trinajstić information content (AvgIpc) is 2.99. The van der Waals surface area contributed by atoms with Crippen molar-refractivity contribution in [3.8, 4) is 22.7 Å². The van der Waals surface area contributed by atoms with Crippen LogP contribution in [0.3, 0.4) is 0 Å². The molecule has 0 aliphatic carbocycles. The van der Waals surface area contributed by atoms with E-state index in [1.165, 1.54) is 12.3 Å². The number of halogens is 3. The maximum atomic E-state index is 13.7. The first-order chi connectivity index (χ1) is 12.9. The van der Waals surface area contributed by atoms with Crippen LogP contribution in [0.25, 0.3) is 22.7 Å². The average molecular weight is 390 g/mol. The molecule has 0 atom stereocenters. The molecular formula is C22H25F3N2O+2. The summed E-state index contributed by atoms with van der Waals surface area (Å²) in [6.07, 6.45) is 0.578. The number of aryl methyl sites for hydroxylation is 2. The lowest BCUT2D eigenvalue weighted by Gasteiger charge is -2.19. The Kier molecular flexibility index (Phi) is 4.86. The Labute approximate surface area is 163 Å². The summed E-state index contributed by atoms with van der Waals surface area (Å²) < 4.78 is 50.0. The van der Waals surface area contributed by atoms with E-state index in [4.69, 9.17) is 4.42 Å². The van der Waals surface area contributed by atoms with Gasteiger partial charge in [0.2, 0.25) is 11.9 Å². The summed E-state index contributed by atoms with van der Waals surface area (Å²) in [5.41, 5.74) is 2.68. The van der Waals surface area contributed by atoms with E-state index in [0.717, 1.165) is 22.9 Å². The molecule has 2 heterocycles. The lowest BCUT2D eigenvalue weighted by molar-refractivity contribution is -0.662. The molecule has 1 aromatic carbocycles. The van der Waals surface area contributed by atoms with Crippen LogP contribution < -0.4 is 9.13 Å². The monoisotopic (exact) mass is 390 g/mol. The van der Waals surface area contributed by atoms with E-state index in [1.807, 2.05) is 36.9 Å². The molecule has 3 aromatic rings. The van der Waals surface area contributed by atoms with Gasteiger partial charge in [-0.1, -0.05) is 20.8 Å². The number of rotatable bonds is 2. The second-order valence-corrected chi connectivity index (χ2v) is 8.17. The van der Waals surface area contributed by atoms with Crippen molar-refractivity contribution in [1.29, 1.82) is 0 Å². The molecule has 6 heteroatoms. The van der Waals surface area contributed by atoms with Crippen LogP contribution in [-0.2, 0) is 25.7 Å². The SMILES string of the molecule is Cc1c(-c2cc(C(C)(C)C)cc[n+]2C)cc(C(F)(F)F)cc1-c1occ[n+]1C. The van der Waals surface area contributed by atoms with Crippen molar-refractivity contribution in [1.82, 2.24) is 0 Å². The van der Waals surface area contributed by atoms with Gasteiger partial charge in [0.15, 0.2) is 12.5 Å². The number of pyridine rings is 1. The molecule has 0 fully saturated rings. The summed E-state index contributed by atoms with van der Waals surface area (Å²) in [6, 6.07) is 6.35. The highest BCUT2D eigenvalue weighted by Gasteiger charge is 2.35. The van der Waals surface area contributed by atoms with Crippen molar-refractivity contribution in [2.24, 2.45) is 14.1 Å². The number of hydrogen-bond acceptors (Lipinski definition) is 1. The Bertz CT molecular complexity index is 1030. The molecule has 3 rings (SSSR count). The Morgan fingerprint density at radius 1 is 0.857 bits per heavy atom. The topological polar surface area (TPSA) is 20.9 Å². The summed E-state index contributed by atoms with van der Waals surface area (Å²) in [6.45, 7) is 8.08. The lowest BCUT2D eigenvalue weighted by Crippen LogP contribution is -2.32. The van der Waals surface area contributed by atoms with E-state index in [0.29, 0.717) is 17.0 Å². The summed E-state index contributed by atoms with van der Waals surface area (Å²) in [7, 11) is 3.59. The Morgan fingerprint density at radius 2 is 1.50 bits per heavy atom. The predicted molar refractivity (Wildman–Crippen MR) is 100 cm³/mol. The first-order valence-corrected chi connectivity index (χ1v) is 9.05. The third-order valence-electron chi connectivity index (χ3n) is 5.04. The molecule has 0 aliphatic heterocycles. The van der Waals surface area contributed by atoms with Gasteiger partial charge in [-0.25, -0.2) is 4.57 Å². The van der Waals surface area contributed by atoms with E-state index in [2.05, 4.69) is 20.8 Å². The van der Waals surface area contributed by atoms with Crippen molar-refractivity contribution in [3.05, 3.63) is 59.6 Å². The van der Waals surface area contributed by atoms with Crippen LogP contribution in [0.5, 0.6) is 0 Å². The van der Waals surface area contributed by atoms with E-state index in [9.17, 15) is 13.2 Å². The van der Waals surface area contributed by atoms with E-state index in [1.54, 1.807) is 17.8 Å². The normalized spacial score (nSPS) is 12.5. The number of oxazole rings is 1. The Hall–Kier alpha value is -2.63. The Balaban J connectivity index is 2.34. The van der Waals surface area contributed by atoms with Gasteiger partial charge in [-0.2, -0.15) is 17.7 Å². The zero-order valence-electron chi connectivity index (χ0n) is 17.0. The number of benzene rings is 1. The van der Waals surface area contributed by atoms with Gasteiger partial charge < -0.3 is 4.42 Å². The molecule has 0 amide bonds. The summed E-state index contributed by atoms with van der Waals surface area (Å²) in [4.78, 5) is 0. The molecular weight excluding hydrogens is 365 g/mol. The minimum atomic E-state index is -4.46. The molecule has 0 bridgehead atoms. The Morgan fingerprint density at radius 3 is 2.04 bits per heavy atom. The first-order valence-electron chi connectivity index (χ1n) is 9.05. The summed E-state index contributed by atoms with van der Waals surface area (Å²) in [5.74, 6) is 0.388. The fraction of sp³-hybridized carbons (Fsp3) is 0.364. The van der Waals surface area contributed by atoms with Crippen molar-refractivity contribution < 1.29 is 26.7 Å². The molecule has 0 unspecified atom stereocenters. The minimum absolute atomic E-state index is 0.116. The van der Waals surface area contributed by atoms with Crippen molar-refractivity contribution in [2.75, 3.05) is 0 Å². The van der Waals surface area contributed by atoms with Gasteiger partial charge in [0, 0.05) is 12.1 Å². The van der Waals surface area contributed by atoms with Gasteiger partial charge in [-0.05, 0) is 35.6 Å². The van der Waals surface area contributed by atoms with Gasteiger partial charge in [-0.3, -0.25) is 0 Å². The van der Waals surface area contributed by atoms with Crippen LogP contribution in [0.2, 0.25) is 0 Å². The predicted octanol–water partition coefficient (Wildman–Crippen LogP) is 4.89. The van der Waals surface area contributed by atoms with Crippen LogP contribution in [0.1, 0.15) is 37.5 Å². The van der Waals surface area contributed by atoms with Crippen LogP contribution in [0.15, 0.2) is 47.3 Å². The quantitative estimate of drug-likeness (QED) is 0.571. The van der Waals surface area contributed by atoms with Gasteiger partial charge in [-0.15, -0.1) is 0 Å². The molecule has 148 valence electrons. The highest BCUT2D eigenvalue weighted by molar-refractivity contribution is 5.73. The van der Waals surface area contributed by atoms with Crippen molar-refractivity contribution >= 4 is 0 Å². The fourth-order valence-electron chi connectivity index (χ4n) is 3.26. The van der Waals surface area contributed by atoms with Crippen LogP contribution in [0, 0.1) is 6.92 Å². The van der Waals surface area contributed by atoms with Gasteiger partial charge in [0.25, 0.3) is 0 Å².